The summed E-state index contributed by atoms with van der Waals surface area (Å²) in [6.07, 6.45) is 2.46. The van der Waals surface area contributed by atoms with Gasteiger partial charge in [0.1, 0.15) is 11.5 Å². The van der Waals surface area contributed by atoms with Gasteiger partial charge in [-0.2, -0.15) is 0 Å². The fourth-order valence-corrected chi connectivity index (χ4v) is 4.46. The van der Waals surface area contributed by atoms with E-state index in [9.17, 15) is 4.79 Å². The summed E-state index contributed by atoms with van der Waals surface area (Å²) in [7, 11) is 1.69. The van der Waals surface area contributed by atoms with E-state index >= 15 is 0 Å². The largest absolute Gasteiger partial charge is 0.497 e. The molecule has 0 aliphatic heterocycles. The summed E-state index contributed by atoms with van der Waals surface area (Å²) in [4.78, 5) is 12.4. The average Bonchev–Trinajstić information content (AvgIpc) is 2.81. The van der Waals surface area contributed by atoms with Crippen molar-refractivity contribution in [2.24, 2.45) is 5.41 Å². The van der Waals surface area contributed by atoms with Gasteiger partial charge < -0.3 is 4.74 Å². The number of rotatable bonds is 1. The van der Waals surface area contributed by atoms with Crippen molar-refractivity contribution in [2.45, 2.75) is 32.1 Å². The van der Waals surface area contributed by atoms with Crippen LogP contribution in [0.2, 0.25) is 0 Å². The van der Waals surface area contributed by atoms with Crippen molar-refractivity contribution in [2.75, 3.05) is 7.11 Å². The van der Waals surface area contributed by atoms with Crippen molar-refractivity contribution >= 4 is 22.1 Å². The van der Waals surface area contributed by atoms with Crippen LogP contribution in [0.1, 0.15) is 43.2 Å². The van der Waals surface area contributed by atoms with E-state index in [2.05, 4.69) is 37.8 Å². The van der Waals surface area contributed by atoms with E-state index in [4.69, 9.17) is 4.74 Å². The molecule has 0 saturated heterocycles. The summed E-state index contributed by atoms with van der Waals surface area (Å²) in [6.45, 7) is 6.43. The van der Waals surface area contributed by atoms with Gasteiger partial charge in [-0.25, -0.2) is 0 Å². The van der Waals surface area contributed by atoms with E-state index in [1.807, 2.05) is 6.07 Å². The number of hydrogen-bond donors (Lipinski definition) is 0. The first-order valence-corrected chi connectivity index (χ1v) is 7.87. The van der Waals surface area contributed by atoms with Crippen LogP contribution in [-0.4, -0.2) is 12.9 Å². The van der Waals surface area contributed by atoms with Gasteiger partial charge >= 0.3 is 0 Å². The highest BCUT2D eigenvalue weighted by molar-refractivity contribution is 6.00. The maximum Gasteiger partial charge on any atom is 0.139 e. The zero-order chi connectivity index (χ0) is 15.5. The Morgan fingerprint density at radius 1 is 1.27 bits per heavy atom. The van der Waals surface area contributed by atoms with Gasteiger partial charge in [0.2, 0.25) is 0 Å². The van der Waals surface area contributed by atoms with Crippen molar-refractivity contribution in [1.29, 1.82) is 0 Å². The Bertz CT molecular complexity index is 818. The summed E-state index contributed by atoms with van der Waals surface area (Å²) in [5, 5.41) is 2.40. The molecule has 22 heavy (non-hydrogen) atoms. The molecule has 0 heterocycles. The van der Waals surface area contributed by atoms with Gasteiger partial charge in [-0.1, -0.05) is 31.7 Å². The van der Waals surface area contributed by atoms with Gasteiger partial charge in [-0.3, -0.25) is 4.79 Å². The van der Waals surface area contributed by atoms with Crippen LogP contribution in [0.4, 0.5) is 0 Å². The molecule has 1 fully saturated rings. The molecule has 0 bridgehead atoms. The standard InChI is InChI=1S/C20H20O2/c1-12-11-20(2)17(8-9-18(20)21)16-6-4-13-10-14(22-3)5-7-15(13)19(12)16/h4-7,10,17H,1,8-9,11H2,2-3H3/t17-,20-/m0/s1. The highest BCUT2D eigenvalue weighted by atomic mass is 16.5. The third kappa shape index (κ3) is 1.64. The van der Waals surface area contributed by atoms with E-state index in [1.54, 1.807) is 7.11 Å². The molecule has 0 amide bonds. The van der Waals surface area contributed by atoms with Crippen LogP contribution in [-0.2, 0) is 4.79 Å². The first-order valence-electron chi connectivity index (χ1n) is 7.87. The fourth-order valence-electron chi connectivity index (χ4n) is 4.46. The lowest BCUT2D eigenvalue weighted by Gasteiger charge is -2.38. The number of carbonyl (C=O) groups excluding carboxylic acids is 1. The van der Waals surface area contributed by atoms with E-state index in [1.165, 1.54) is 21.9 Å². The van der Waals surface area contributed by atoms with Crippen molar-refractivity contribution < 1.29 is 9.53 Å². The van der Waals surface area contributed by atoms with Crippen LogP contribution in [0, 0.1) is 5.41 Å². The second-order valence-electron chi connectivity index (χ2n) is 6.83. The molecule has 0 spiro atoms. The first kappa shape index (κ1) is 13.6. The molecular weight excluding hydrogens is 272 g/mol. The van der Waals surface area contributed by atoms with E-state index in [-0.39, 0.29) is 5.41 Å². The molecular formula is C20H20O2. The number of Topliss-reactive ketones (excluding diaryl/α,β-unsaturated/α-hetero) is 1. The molecule has 0 unspecified atom stereocenters. The topological polar surface area (TPSA) is 26.3 Å². The van der Waals surface area contributed by atoms with E-state index in [0.717, 1.165) is 24.2 Å². The number of carbonyl (C=O) groups is 1. The lowest BCUT2D eigenvalue weighted by molar-refractivity contribution is -0.125. The molecule has 0 N–H and O–H groups in total. The molecule has 2 atom stereocenters. The number of allylic oxidation sites excluding steroid dienone is 1. The fraction of sp³-hybridized carbons (Fsp3) is 0.350. The van der Waals surface area contributed by atoms with E-state index in [0.29, 0.717) is 18.1 Å². The summed E-state index contributed by atoms with van der Waals surface area (Å²) in [6, 6.07) is 10.5. The summed E-state index contributed by atoms with van der Waals surface area (Å²) in [5.74, 6) is 1.61. The van der Waals surface area contributed by atoms with Gasteiger partial charge in [0, 0.05) is 11.8 Å². The number of fused-ring (bicyclic) bond motifs is 5. The van der Waals surface area contributed by atoms with Gasteiger partial charge in [-0.05, 0) is 58.4 Å². The Morgan fingerprint density at radius 3 is 2.86 bits per heavy atom. The first-order chi connectivity index (χ1) is 10.5. The molecule has 2 nitrogen and oxygen atoms in total. The van der Waals surface area contributed by atoms with Gasteiger partial charge in [0.15, 0.2) is 0 Å². The minimum absolute atomic E-state index is 0.246. The van der Waals surface area contributed by atoms with Crippen LogP contribution in [0.5, 0.6) is 5.75 Å². The van der Waals surface area contributed by atoms with Crippen LogP contribution < -0.4 is 4.74 Å². The summed E-state index contributed by atoms with van der Waals surface area (Å²) >= 11 is 0. The average molecular weight is 292 g/mol. The molecule has 1 saturated carbocycles. The second kappa shape index (κ2) is 4.45. The third-order valence-corrected chi connectivity index (χ3v) is 5.63. The Labute approximate surface area is 130 Å². The summed E-state index contributed by atoms with van der Waals surface area (Å²) in [5.41, 5.74) is 3.42. The highest BCUT2D eigenvalue weighted by Crippen LogP contribution is 2.57. The SMILES string of the molecule is C=C1C[C@]2(C)C(=O)CC[C@H]2c2ccc3cc(OC)ccc3c21. The number of methoxy groups -OCH3 is 1. The van der Waals surface area contributed by atoms with Crippen molar-refractivity contribution in [3.63, 3.8) is 0 Å². The Kier molecular flexibility index (Phi) is 2.75. The smallest absolute Gasteiger partial charge is 0.139 e. The van der Waals surface area contributed by atoms with Gasteiger partial charge in [0.25, 0.3) is 0 Å². The minimum atomic E-state index is -0.246. The van der Waals surface area contributed by atoms with Crippen LogP contribution >= 0.6 is 0 Å². The molecule has 4 rings (SSSR count). The molecule has 2 aromatic rings. The second-order valence-corrected chi connectivity index (χ2v) is 6.83. The summed E-state index contributed by atoms with van der Waals surface area (Å²) < 4.78 is 5.33. The molecule has 2 aromatic carbocycles. The zero-order valence-corrected chi connectivity index (χ0v) is 13.1. The van der Waals surface area contributed by atoms with Crippen LogP contribution in [0.25, 0.3) is 16.3 Å². The van der Waals surface area contributed by atoms with Crippen molar-refractivity contribution in [3.8, 4) is 5.75 Å². The highest BCUT2D eigenvalue weighted by Gasteiger charge is 2.50. The van der Waals surface area contributed by atoms with Crippen molar-refractivity contribution in [1.82, 2.24) is 0 Å². The molecule has 112 valence electrons. The quantitative estimate of drug-likeness (QED) is 0.760. The lowest BCUT2D eigenvalue weighted by Crippen LogP contribution is -2.31. The number of ether oxygens (including phenoxy) is 1. The molecule has 0 aromatic heterocycles. The number of ketones is 1. The monoisotopic (exact) mass is 292 g/mol. The molecule has 2 aliphatic carbocycles. The Balaban J connectivity index is 1.98. The normalized spacial score (nSPS) is 26.9. The molecule has 0 radical (unpaired) electrons. The van der Waals surface area contributed by atoms with Crippen molar-refractivity contribution in [3.05, 3.63) is 48.0 Å². The van der Waals surface area contributed by atoms with Gasteiger partial charge in [-0.15, -0.1) is 0 Å². The molecule has 2 heteroatoms. The Hall–Kier alpha value is -2.09. The lowest BCUT2D eigenvalue weighted by atomic mass is 9.64. The minimum Gasteiger partial charge on any atom is -0.497 e. The number of benzene rings is 2. The Morgan fingerprint density at radius 2 is 2.09 bits per heavy atom. The maximum atomic E-state index is 12.4. The van der Waals surface area contributed by atoms with Gasteiger partial charge in [0.05, 0.1) is 7.11 Å². The van der Waals surface area contributed by atoms with Crippen LogP contribution in [0.3, 0.4) is 0 Å². The predicted octanol–water partition coefficient (Wildman–Crippen LogP) is 4.72. The van der Waals surface area contributed by atoms with Crippen LogP contribution in [0.15, 0.2) is 36.9 Å². The number of hydrogen-bond acceptors (Lipinski definition) is 2. The third-order valence-electron chi connectivity index (χ3n) is 5.63. The predicted molar refractivity (Wildman–Crippen MR) is 89.2 cm³/mol. The maximum absolute atomic E-state index is 12.4. The van der Waals surface area contributed by atoms with E-state index < -0.39 is 0 Å². The zero-order valence-electron chi connectivity index (χ0n) is 13.1. The molecule has 2 aliphatic rings.